The Balaban J connectivity index is 1.47. The van der Waals surface area contributed by atoms with Crippen molar-refractivity contribution in [1.29, 1.82) is 0 Å². The van der Waals surface area contributed by atoms with Crippen molar-refractivity contribution in [2.75, 3.05) is 24.7 Å². The molecule has 36 heavy (non-hydrogen) atoms. The molecule has 2 aromatic heterocycles. The van der Waals surface area contributed by atoms with Gasteiger partial charge in [-0.1, -0.05) is 69.4 Å². The number of aromatic nitrogens is 4. The number of imidazole rings is 1. The molecule has 3 heterocycles. The molecule has 3 fully saturated rings. The first-order valence-corrected chi connectivity index (χ1v) is 14.4. The zero-order valence-electron chi connectivity index (χ0n) is 21.4. The summed E-state index contributed by atoms with van der Waals surface area (Å²) in [6.07, 6.45) is 11.4. The van der Waals surface area contributed by atoms with E-state index in [2.05, 4.69) is 51.7 Å². The van der Waals surface area contributed by atoms with Crippen LogP contribution in [-0.4, -0.2) is 39.3 Å². The summed E-state index contributed by atoms with van der Waals surface area (Å²) in [4.78, 5) is 17.2. The lowest BCUT2D eigenvalue weighted by Crippen LogP contribution is -2.41. The van der Waals surface area contributed by atoms with Crippen LogP contribution in [0.3, 0.4) is 0 Å². The molecule has 6 nitrogen and oxygen atoms in total. The second kappa shape index (κ2) is 10.7. The first-order valence-electron chi connectivity index (χ1n) is 14.0. The number of rotatable bonds is 5. The maximum Gasteiger partial charge on any atom is 0.224 e. The zero-order chi connectivity index (χ0) is 24.5. The number of anilines is 1. The van der Waals surface area contributed by atoms with E-state index in [9.17, 15) is 0 Å². The highest BCUT2D eigenvalue weighted by atomic mass is 35.5. The Bertz CT molecular complexity index is 1170. The summed E-state index contributed by atoms with van der Waals surface area (Å²) in [7, 11) is 0. The largest absolute Gasteiger partial charge is 0.377 e. The number of nitrogens with zero attached hydrogens (tertiary/aromatic N) is 5. The molecule has 0 N–H and O–H groups in total. The third kappa shape index (κ3) is 4.87. The van der Waals surface area contributed by atoms with Crippen LogP contribution < -0.4 is 4.90 Å². The lowest BCUT2D eigenvalue weighted by Gasteiger charge is -2.37. The monoisotopic (exact) mass is 507 g/mol. The van der Waals surface area contributed by atoms with E-state index in [-0.39, 0.29) is 6.04 Å². The molecule has 7 heteroatoms. The van der Waals surface area contributed by atoms with E-state index in [1.165, 1.54) is 63.4 Å². The van der Waals surface area contributed by atoms with Crippen LogP contribution in [0.1, 0.15) is 87.9 Å². The predicted octanol–water partition coefficient (Wildman–Crippen LogP) is 6.93. The SMILES string of the molecule is C[C@H]1CC[C@H](Cn2c(N3CCOC[C@H]3c3ccccc3)nc3nc(Cl)nc(C4CCCCC4)c32)CC1. The Morgan fingerprint density at radius 2 is 1.72 bits per heavy atom. The average molecular weight is 508 g/mol. The predicted molar refractivity (Wildman–Crippen MR) is 145 cm³/mol. The van der Waals surface area contributed by atoms with E-state index >= 15 is 0 Å². The molecule has 2 aliphatic carbocycles. The average Bonchev–Trinajstić information content (AvgIpc) is 3.28. The van der Waals surface area contributed by atoms with Gasteiger partial charge >= 0.3 is 0 Å². The van der Waals surface area contributed by atoms with Crippen LogP contribution >= 0.6 is 11.6 Å². The van der Waals surface area contributed by atoms with E-state index in [4.69, 9.17) is 26.3 Å². The van der Waals surface area contributed by atoms with Gasteiger partial charge in [0.1, 0.15) is 5.52 Å². The molecule has 3 aromatic rings. The lowest BCUT2D eigenvalue weighted by molar-refractivity contribution is 0.0927. The molecular weight excluding hydrogens is 470 g/mol. The van der Waals surface area contributed by atoms with Gasteiger partial charge in [-0.2, -0.15) is 9.97 Å². The molecule has 0 bridgehead atoms. The molecule has 3 aliphatic rings. The Hall–Kier alpha value is -2.18. The molecule has 0 radical (unpaired) electrons. The topological polar surface area (TPSA) is 56.1 Å². The molecule has 1 aromatic carbocycles. The van der Waals surface area contributed by atoms with Crippen molar-refractivity contribution in [2.45, 2.75) is 83.2 Å². The van der Waals surface area contributed by atoms with Gasteiger partial charge in [0.25, 0.3) is 0 Å². The van der Waals surface area contributed by atoms with Crippen molar-refractivity contribution in [3.63, 3.8) is 0 Å². The van der Waals surface area contributed by atoms with E-state index in [0.29, 0.717) is 30.3 Å². The minimum absolute atomic E-state index is 0.128. The standard InChI is InChI=1S/C29H38ClN5O/c1-20-12-14-21(15-13-20)18-35-26-25(23-10-6-3-7-11-23)31-28(30)32-27(26)33-29(35)34-16-17-36-19-24(34)22-8-4-2-5-9-22/h2,4-5,8-9,20-21,23-24H,3,6-7,10-19H2,1H3/t20-,21-,24-/m0/s1. The minimum Gasteiger partial charge on any atom is -0.377 e. The van der Waals surface area contributed by atoms with Gasteiger partial charge in [-0.3, -0.25) is 0 Å². The maximum absolute atomic E-state index is 6.52. The fourth-order valence-electron chi connectivity index (χ4n) is 6.64. The van der Waals surface area contributed by atoms with Crippen molar-refractivity contribution in [3.8, 4) is 0 Å². The van der Waals surface area contributed by atoms with Crippen LogP contribution in [0.5, 0.6) is 0 Å². The highest BCUT2D eigenvalue weighted by molar-refractivity contribution is 6.28. The minimum atomic E-state index is 0.128. The van der Waals surface area contributed by atoms with Gasteiger partial charge in [0.15, 0.2) is 5.65 Å². The molecule has 2 saturated carbocycles. The lowest BCUT2D eigenvalue weighted by atomic mass is 9.83. The fourth-order valence-corrected chi connectivity index (χ4v) is 6.81. The zero-order valence-corrected chi connectivity index (χ0v) is 22.2. The molecule has 0 spiro atoms. The summed E-state index contributed by atoms with van der Waals surface area (Å²) in [6.45, 7) is 5.54. The van der Waals surface area contributed by atoms with Gasteiger partial charge in [0.2, 0.25) is 11.2 Å². The number of fused-ring (bicyclic) bond motifs is 1. The quantitative estimate of drug-likeness (QED) is 0.350. The molecule has 6 rings (SSSR count). The molecule has 0 unspecified atom stereocenters. The summed E-state index contributed by atoms with van der Waals surface area (Å²) < 4.78 is 8.46. The number of benzene rings is 1. The van der Waals surface area contributed by atoms with Crippen molar-refractivity contribution in [3.05, 3.63) is 46.9 Å². The van der Waals surface area contributed by atoms with Crippen LogP contribution in [0.2, 0.25) is 5.28 Å². The van der Waals surface area contributed by atoms with Crippen LogP contribution in [-0.2, 0) is 11.3 Å². The van der Waals surface area contributed by atoms with Crippen molar-refractivity contribution < 1.29 is 4.74 Å². The smallest absolute Gasteiger partial charge is 0.224 e. The maximum atomic E-state index is 6.52. The van der Waals surface area contributed by atoms with Crippen LogP contribution in [0.25, 0.3) is 11.2 Å². The third-order valence-electron chi connectivity index (χ3n) is 8.72. The van der Waals surface area contributed by atoms with Crippen molar-refractivity contribution in [2.24, 2.45) is 11.8 Å². The summed E-state index contributed by atoms with van der Waals surface area (Å²) in [5.41, 5.74) is 4.27. The highest BCUT2D eigenvalue weighted by Crippen LogP contribution is 2.40. The molecule has 1 saturated heterocycles. The molecule has 0 amide bonds. The summed E-state index contributed by atoms with van der Waals surface area (Å²) in [5, 5.41) is 0.326. The first-order chi connectivity index (χ1) is 17.7. The van der Waals surface area contributed by atoms with Crippen LogP contribution in [0.15, 0.2) is 30.3 Å². The van der Waals surface area contributed by atoms with Crippen LogP contribution in [0.4, 0.5) is 5.95 Å². The van der Waals surface area contributed by atoms with E-state index < -0.39 is 0 Å². The molecule has 1 aliphatic heterocycles. The Kier molecular flexibility index (Phi) is 7.16. The fraction of sp³-hybridized carbons (Fsp3) is 0.621. The summed E-state index contributed by atoms with van der Waals surface area (Å²) in [5.74, 6) is 2.94. The van der Waals surface area contributed by atoms with Gasteiger partial charge in [-0.25, -0.2) is 4.98 Å². The van der Waals surface area contributed by atoms with Gasteiger partial charge in [-0.05, 0) is 54.7 Å². The number of halogens is 1. The summed E-state index contributed by atoms with van der Waals surface area (Å²) in [6, 6.07) is 10.8. The highest BCUT2D eigenvalue weighted by Gasteiger charge is 2.33. The number of ether oxygens (including phenoxy) is 1. The molecular formula is C29H38ClN5O. The number of morpholine rings is 1. The van der Waals surface area contributed by atoms with Crippen molar-refractivity contribution >= 4 is 28.7 Å². The molecule has 192 valence electrons. The van der Waals surface area contributed by atoms with Gasteiger partial charge in [0, 0.05) is 19.0 Å². The van der Waals surface area contributed by atoms with Gasteiger partial charge in [0.05, 0.1) is 24.9 Å². The van der Waals surface area contributed by atoms with E-state index in [1.54, 1.807) is 0 Å². The van der Waals surface area contributed by atoms with Gasteiger partial charge < -0.3 is 14.2 Å². The second-order valence-corrected chi connectivity index (χ2v) is 11.6. The number of hydrogen-bond acceptors (Lipinski definition) is 5. The van der Waals surface area contributed by atoms with Crippen LogP contribution in [0, 0.1) is 11.8 Å². The second-order valence-electron chi connectivity index (χ2n) is 11.2. The first kappa shape index (κ1) is 24.2. The van der Waals surface area contributed by atoms with E-state index in [0.717, 1.165) is 41.8 Å². The Labute approximate surface area is 219 Å². The normalized spacial score (nSPS) is 25.9. The third-order valence-corrected chi connectivity index (χ3v) is 8.89. The van der Waals surface area contributed by atoms with E-state index in [1.807, 2.05) is 0 Å². The van der Waals surface area contributed by atoms with Gasteiger partial charge in [-0.15, -0.1) is 0 Å². The Morgan fingerprint density at radius 3 is 2.50 bits per heavy atom. The van der Waals surface area contributed by atoms with Crippen molar-refractivity contribution in [1.82, 2.24) is 19.5 Å². The number of hydrogen-bond donors (Lipinski definition) is 0. The molecule has 1 atom stereocenters. The summed E-state index contributed by atoms with van der Waals surface area (Å²) >= 11 is 6.52. The Morgan fingerprint density at radius 1 is 0.944 bits per heavy atom.